The Morgan fingerprint density at radius 2 is 1.66 bits per heavy atom. The maximum absolute atomic E-state index is 13.8. The average Bonchev–Trinajstić information content (AvgIpc) is 2.81. The number of hydrogen-bond acceptors (Lipinski definition) is 8. The first kappa shape index (κ1) is 24.2. The third-order valence-electron chi connectivity index (χ3n) is 4.73. The van der Waals surface area contributed by atoms with Gasteiger partial charge in [0.1, 0.15) is 26.8 Å². The summed E-state index contributed by atoms with van der Waals surface area (Å²) in [6, 6.07) is 10.6. The van der Waals surface area contributed by atoms with Crippen LogP contribution in [0.4, 0.5) is 10.1 Å². The zero-order chi connectivity index (χ0) is 25.3. The molecule has 1 N–H and O–H groups in total. The molecule has 0 amide bonds. The molecule has 0 bridgehead atoms. The number of carbonyl (C=O) groups excluding carboxylic acids is 2. The van der Waals surface area contributed by atoms with Crippen molar-refractivity contribution in [2.24, 2.45) is 5.10 Å². The number of ether oxygens (including phenoxy) is 2. The molecule has 0 aliphatic carbocycles. The highest BCUT2D eigenvalue weighted by molar-refractivity contribution is 6.42. The first-order valence-electron chi connectivity index (χ1n) is 10.00. The van der Waals surface area contributed by atoms with Crippen LogP contribution in [-0.4, -0.2) is 18.2 Å². The van der Waals surface area contributed by atoms with Gasteiger partial charge in [-0.25, -0.2) is 4.39 Å². The molecule has 4 aromatic rings. The molecule has 0 atom stereocenters. The molecular formula is C24H15Cl2FN2O6. The van der Waals surface area contributed by atoms with Crippen LogP contribution in [0, 0.1) is 5.82 Å². The van der Waals surface area contributed by atoms with E-state index in [1.54, 1.807) is 24.3 Å². The summed E-state index contributed by atoms with van der Waals surface area (Å²) in [5, 5.41) is 3.29. The van der Waals surface area contributed by atoms with Crippen molar-refractivity contribution in [1.82, 2.24) is 0 Å². The minimum atomic E-state index is -0.774. The monoisotopic (exact) mass is 516 g/mol. The van der Waals surface area contributed by atoms with Crippen molar-refractivity contribution in [3.05, 3.63) is 74.1 Å². The molecule has 0 aliphatic rings. The van der Waals surface area contributed by atoms with Crippen LogP contribution < -0.4 is 20.3 Å². The molecule has 11 heteroatoms. The topological polar surface area (TPSA) is 107 Å². The van der Waals surface area contributed by atoms with Crippen LogP contribution in [0.15, 0.2) is 56.8 Å². The second-order valence-electron chi connectivity index (χ2n) is 7.18. The van der Waals surface area contributed by atoms with Crippen LogP contribution in [-0.2, 0) is 9.59 Å². The first-order chi connectivity index (χ1) is 16.7. The highest BCUT2D eigenvalue weighted by Crippen LogP contribution is 2.47. The third kappa shape index (κ3) is 4.68. The van der Waals surface area contributed by atoms with Gasteiger partial charge in [-0.05, 0) is 24.3 Å². The van der Waals surface area contributed by atoms with Gasteiger partial charge in [0.25, 0.3) is 0 Å². The van der Waals surface area contributed by atoms with E-state index < -0.39 is 23.2 Å². The number of benzene rings is 3. The number of nitrogens with zero attached hydrogens (tertiary/aromatic N) is 1. The van der Waals surface area contributed by atoms with Gasteiger partial charge in [0, 0.05) is 19.4 Å². The van der Waals surface area contributed by atoms with Crippen LogP contribution in [0.2, 0.25) is 10.0 Å². The van der Waals surface area contributed by atoms with Crippen molar-refractivity contribution in [3.8, 4) is 11.5 Å². The number of hydrogen-bond donors (Lipinski definition) is 1. The fraction of sp³-hybridized carbons (Fsp3) is 0.0833. The molecule has 8 nitrogen and oxygen atoms in total. The predicted molar refractivity (Wildman–Crippen MR) is 130 cm³/mol. The van der Waals surface area contributed by atoms with Crippen molar-refractivity contribution in [1.29, 1.82) is 0 Å². The van der Waals surface area contributed by atoms with E-state index in [9.17, 15) is 18.8 Å². The molecule has 0 radical (unpaired) electrons. The average molecular weight is 517 g/mol. The van der Waals surface area contributed by atoms with E-state index in [1.807, 2.05) is 0 Å². The molecule has 0 saturated heterocycles. The number of rotatable bonds is 5. The third-order valence-corrected chi connectivity index (χ3v) is 5.41. The summed E-state index contributed by atoms with van der Waals surface area (Å²) in [7, 11) is 0. The lowest BCUT2D eigenvalue weighted by Crippen LogP contribution is -2.11. The van der Waals surface area contributed by atoms with E-state index in [2.05, 4.69) is 10.5 Å². The molecule has 1 aromatic heterocycles. The van der Waals surface area contributed by atoms with E-state index in [0.29, 0.717) is 5.56 Å². The minimum absolute atomic E-state index is 0.0795. The molecule has 0 spiro atoms. The van der Waals surface area contributed by atoms with Crippen molar-refractivity contribution < 1.29 is 27.9 Å². The number of hydrazone groups is 1. The maximum atomic E-state index is 13.8. The Bertz CT molecular complexity index is 1600. The van der Waals surface area contributed by atoms with Crippen LogP contribution in [0.3, 0.4) is 0 Å². The van der Waals surface area contributed by atoms with Gasteiger partial charge in [0.2, 0.25) is 5.43 Å². The summed E-state index contributed by atoms with van der Waals surface area (Å²) < 4.78 is 30.0. The Kier molecular flexibility index (Phi) is 6.72. The molecule has 0 fully saturated rings. The Morgan fingerprint density at radius 3 is 2.34 bits per heavy atom. The second kappa shape index (κ2) is 9.73. The van der Waals surface area contributed by atoms with Crippen LogP contribution in [0.1, 0.15) is 19.4 Å². The normalized spacial score (nSPS) is 11.2. The number of anilines is 1. The summed E-state index contributed by atoms with van der Waals surface area (Å²) in [5.41, 5.74) is 2.32. The lowest BCUT2D eigenvalue weighted by atomic mass is 10.1. The standard InChI is InChI=1S/C24H15Cl2FN2O6/c1-11(30)33-22-17-20(32)14-7-5-6-13(10-28-29-16-9-4-3-8-15(16)27)21(14)35-23(17)19(26)24(18(22)25)34-12(2)31/h3-10,29H,1-2H3/b28-10+. The van der Waals surface area contributed by atoms with Crippen LogP contribution in [0.25, 0.3) is 21.9 Å². The van der Waals surface area contributed by atoms with Crippen molar-refractivity contribution in [2.45, 2.75) is 13.8 Å². The number of nitrogens with one attached hydrogen (secondary N) is 1. The fourth-order valence-electron chi connectivity index (χ4n) is 3.31. The quantitative estimate of drug-likeness (QED) is 0.119. The smallest absolute Gasteiger partial charge is 0.308 e. The molecular weight excluding hydrogens is 502 g/mol. The van der Waals surface area contributed by atoms with E-state index in [-0.39, 0.29) is 49.2 Å². The number of fused-ring (bicyclic) bond motifs is 2. The molecule has 178 valence electrons. The van der Waals surface area contributed by atoms with Gasteiger partial charge in [0.05, 0.1) is 17.3 Å². The molecule has 0 aliphatic heterocycles. The lowest BCUT2D eigenvalue weighted by Gasteiger charge is -2.14. The molecule has 0 saturated carbocycles. The SMILES string of the molecule is CC(=O)Oc1c(Cl)c(OC(C)=O)c2c(=O)c3cccc(/C=N/Nc4ccccc4F)c3oc2c1Cl. The summed E-state index contributed by atoms with van der Waals surface area (Å²) >= 11 is 12.7. The Labute approximate surface area is 206 Å². The van der Waals surface area contributed by atoms with Gasteiger partial charge >= 0.3 is 11.9 Å². The fourth-order valence-corrected chi connectivity index (χ4v) is 3.89. The summed E-state index contributed by atoms with van der Waals surface area (Å²) in [6.45, 7) is 2.23. The summed E-state index contributed by atoms with van der Waals surface area (Å²) in [5.74, 6) is -2.72. The number of para-hydroxylation sites is 2. The first-order valence-corrected chi connectivity index (χ1v) is 10.8. The van der Waals surface area contributed by atoms with Crippen molar-refractivity contribution in [2.75, 3.05) is 5.43 Å². The van der Waals surface area contributed by atoms with E-state index >= 15 is 0 Å². The summed E-state index contributed by atoms with van der Waals surface area (Å²) in [6.07, 6.45) is 1.33. The summed E-state index contributed by atoms with van der Waals surface area (Å²) in [4.78, 5) is 36.7. The van der Waals surface area contributed by atoms with Crippen molar-refractivity contribution >= 4 is 69.0 Å². The van der Waals surface area contributed by atoms with Crippen LogP contribution >= 0.6 is 23.2 Å². The molecule has 35 heavy (non-hydrogen) atoms. The van der Waals surface area contributed by atoms with Crippen LogP contribution in [0.5, 0.6) is 11.5 Å². The van der Waals surface area contributed by atoms with E-state index in [0.717, 1.165) is 13.8 Å². The molecule has 1 heterocycles. The van der Waals surface area contributed by atoms with E-state index in [1.165, 1.54) is 24.4 Å². The van der Waals surface area contributed by atoms with Gasteiger partial charge in [-0.3, -0.25) is 19.8 Å². The Morgan fingerprint density at radius 1 is 0.971 bits per heavy atom. The number of halogens is 3. The predicted octanol–water partition coefficient (Wildman–Crippen LogP) is 5.69. The molecule has 4 rings (SSSR count). The lowest BCUT2D eigenvalue weighted by molar-refractivity contribution is -0.132. The van der Waals surface area contributed by atoms with Gasteiger partial charge in [-0.2, -0.15) is 5.10 Å². The minimum Gasteiger partial charge on any atom is -0.453 e. The van der Waals surface area contributed by atoms with Gasteiger partial charge < -0.3 is 13.9 Å². The molecule has 0 unspecified atom stereocenters. The van der Waals surface area contributed by atoms with Gasteiger partial charge in [-0.15, -0.1) is 0 Å². The number of esters is 2. The zero-order valence-corrected chi connectivity index (χ0v) is 19.7. The largest absolute Gasteiger partial charge is 0.453 e. The maximum Gasteiger partial charge on any atom is 0.308 e. The van der Waals surface area contributed by atoms with E-state index in [4.69, 9.17) is 37.1 Å². The Balaban J connectivity index is 1.96. The zero-order valence-electron chi connectivity index (χ0n) is 18.1. The second-order valence-corrected chi connectivity index (χ2v) is 7.94. The highest BCUT2D eigenvalue weighted by Gasteiger charge is 2.27. The van der Waals surface area contributed by atoms with Gasteiger partial charge in [0.15, 0.2) is 17.1 Å². The highest BCUT2D eigenvalue weighted by atomic mass is 35.5. The number of carbonyl (C=O) groups is 2. The molecule has 3 aromatic carbocycles. The van der Waals surface area contributed by atoms with Crippen molar-refractivity contribution in [3.63, 3.8) is 0 Å². The Hall–Kier alpha value is -3.95. The van der Waals surface area contributed by atoms with Gasteiger partial charge in [-0.1, -0.05) is 41.4 Å².